The summed E-state index contributed by atoms with van der Waals surface area (Å²) in [5, 5.41) is 4.79. The van der Waals surface area contributed by atoms with Crippen molar-refractivity contribution in [1.82, 2.24) is 19.9 Å². The van der Waals surface area contributed by atoms with Crippen molar-refractivity contribution in [2.45, 2.75) is 94.6 Å². The van der Waals surface area contributed by atoms with E-state index in [4.69, 9.17) is 14.5 Å². The Morgan fingerprint density at radius 2 is 1.82 bits per heavy atom. The molecule has 13 heteroatoms. The van der Waals surface area contributed by atoms with Gasteiger partial charge in [0.25, 0.3) is 5.91 Å². The van der Waals surface area contributed by atoms with Crippen LogP contribution in [0.25, 0.3) is 10.8 Å². The van der Waals surface area contributed by atoms with Crippen LogP contribution in [0.1, 0.15) is 72.1 Å². The van der Waals surface area contributed by atoms with Gasteiger partial charge in [-0.25, -0.2) is 13.4 Å². The van der Waals surface area contributed by atoms with Crippen molar-refractivity contribution in [1.29, 1.82) is 0 Å². The highest BCUT2D eigenvalue weighted by atomic mass is 32.2. The van der Waals surface area contributed by atoms with Crippen LogP contribution >= 0.6 is 0 Å². The quantitative estimate of drug-likeness (QED) is 0.429. The topological polar surface area (TPSA) is 147 Å². The summed E-state index contributed by atoms with van der Waals surface area (Å²) in [7, 11) is -3.92. The lowest BCUT2D eigenvalue weighted by atomic mass is 9.91. The summed E-state index contributed by atoms with van der Waals surface area (Å²) in [4.78, 5) is 50.5. The number of nitrogens with zero attached hydrogens (tertiary/aromatic N) is 3. The number of carbonyl (C=O) groups excluding carboxylic acids is 3. The third-order valence-corrected chi connectivity index (χ3v) is 13.5. The second kappa shape index (κ2) is 13.4. The van der Waals surface area contributed by atoms with E-state index in [9.17, 15) is 22.8 Å². The fourth-order valence-electron chi connectivity index (χ4n) is 7.88. The molecule has 2 aliphatic carbocycles. The summed E-state index contributed by atoms with van der Waals surface area (Å²) in [5.74, 6) is -0.767. The van der Waals surface area contributed by atoms with Gasteiger partial charge in [0.1, 0.15) is 17.7 Å². The number of anilines is 1. The minimum atomic E-state index is -3.92. The number of nitrogens with one attached hydrogen (secondary N) is 2. The van der Waals surface area contributed by atoms with Gasteiger partial charge in [-0.05, 0) is 63.4 Å². The molecule has 0 bridgehead atoms. The summed E-state index contributed by atoms with van der Waals surface area (Å²) in [5.41, 5.74) is -0.409. The van der Waals surface area contributed by atoms with Crippen molar-refractivity contribution in [3.8, 4) is 5.88 Å². The van der Waals surface area contributed by atoms with Crippen molar-refractivity contribution in [2.75, 3.05) is 37.7 Å². The molecule has 6 atom stereocenters. The first-order chi connectivity index (χ1) is 23.9. The lowest BCUT2D eigenvalue weighted by Gasteiger charge is -2.30. The highest BCUT2D eigenvalue weighted by molar-refractivity contribution is 7.91. The largest absolute Gasteiger partial charge is 0.472 e. The lowest BCUT2D eigenvalue weighted by molar-refractivity contribution is -0.140. The minimum Gasteiger partial charge on any atom is -0.472 e. The Balaban J connectivity index is 1.16. The van der Waals surface area contributed by atoms with Crippen LogP contribution in [0.3, 0.4) is 0 Å². The Morgan fingerprint density at radius 1 is 1.08 bits per heavy atom. The van der Waals surface area contributed by atoms with Gasteiger partial charge in [-0.15, -0.1) is 0 Å². The third-order valence-electron chi connectivity index (χ3n) is 11.4. The molecule has 2 N–H and O–H groups in total. The average Bonchev–Trinajstić information content (AvgIpc) is 3.97. The zero-order valence-electron chi connectivity index (χ0n) is 29.2. The minimum absolute atomic E-state index is 0.119. The fraction of sp³-hybridized carbons (Fsp3) is 0.622. The number of sulfonamides is 1. The molecule has 0 radical (unpaired) electrons. The van der Waals surface area contributed by atoms with Gasteiger partial charge in [0, 0.05) is 42.6 Å². The molecule has 3 amide bonds. The summed E-state index contributed by atoms with van der Waals surface area (Å²) in [6.45, 7) is 8.89. The first-order valence-electron chi connectivity index (χ1n) is 18.1. The van der Waals surface area contributed by atoms with Gasteiger partial charge >= 0.3 is 0 Å². The van der Waals surface area contributed by atoms with Crippen molar-refractivity contribution in [3.05, 3.63) is 42.6 Å². The molecule has 4 heterocycles. The van der Waals surface area contributed by atoms with Crippen LogP contribution in [0.2, 0.25) is 0 Å². The van der Waals surface area contributed by atoms with E-state index in [2.05, 4.69) is 28.8 Å². The summed E-state index contributed by atoms with van der Waals surface area (Å²) in [6.07, 6.45) is 9.59. The number of carbonyl (C=O) groups is 3. The molecule has 7 rings (SSSR count). The van der Waals surface area contributed by atoms with Gasteiger partial charge in [0.2, 0.25) is 27.7 Å². The fourth-order valence-corrected chi connectivity index (χ4v) is 9.19. The Bertz CT molecular complexity index is 1790. The Hall–Kier alpha value is -3.71. The number of rotatable bonds is 6. The monoisotopic (exact) mass is 707 g/mol. The van der Waals surface area contributed by atoms with Gasteiger partial charge in [0.05, 0.1) is 36.4 Å². The maximum atomic E-state index is 14.2. The molecule has 2 aromatic rings. The summed E-state index contributed by atoms with van der Waals surface area (Å²) >= 11 is 0. The first-order valence-corrected chi connectivity index (χ1v) is 19.6. The van der Waals surface area contributed by atoms with Crippen molar-refractivity contribution in [3.63, 3.8) is 0 Å². The van der Waals surface area contributed by atoms with E-state index in [0.29, 0.717) is 37.9 Å². The summed E-state index contributed by atoms with van der Waals surface area (Å²) < 4.78 is 39.6. The Morgan fingerprint density at radius 3 is 2.56 bits per heavy atom. The summed E-state index contributed by atoms with van der Waals surface area (Å²) in [6, 6.07) is 7.04. The molecule has 2 saturated carbocycles. The van der Waals surface area contributed by atoms with Gasteiger partial charge in [-0.2, -0.15) is 0 Å². The van der Waals surface area contributed by atoms with E-state index in [1.807, 2.05) is 42.6 Å². The van der Waals surface area contributed by atoms with Crippen molar-refractivity contribution >= 4 is 44.2 Å². The van der Waals surface area contributed by atoms with Crippen LogP contribution in [0.5, 0.6) is 5.88 Å². The van der Waals surface area contributed by atoms with Crippen LogP contribution < -0.4 is 19.7 Å². The number of pyridine rings is 1. The maximum Gasteiger partial charge on any atom is 0.259 e. The first kappa shape index (κ1) is 34.7. The van der Waals surface area contributed by atoms with E-state index in [0.717, 1.165) is 48.8 Å². The van der Waals surface area contributed by atoms with Gasteiger partial charge < -0.3 is 24.6 Å². The highest BCUT2D eigenvalue weighted by Crippen LogP contribution is 2.47. The van der Waals surface area contributed by atoms with E-state index in [1.54, 1.807) is 11.8 Å². The number of ether oxygens (including phenoxy) is 2. The van der Waals surface area contributed by atoms with Crippen molar-refractivity contribution < 1.29 is 32.3 Å². The normalized spacial score (nSPS) is 32.2. The number of morpholine rings is 1. The molecule has 2 saturated heterocycles. The second-order valence-electron chi connectivity index (χ2n) is 15.4. The van der Waals surface area contributed by atoms with Gasteiger partial charge in [-0.3, -0.25) is 19.1 Å². The molecule has 3 aliphatic heterocycles. The Labute approximate surface area is 294 Å². The smallest absolute Gasteiger partial charge is 0.259 e. The molecule has 0 spiro atoms. The number of benzene rings is 1. The van der Waals surface area contributed by atoms with Crippen LogP contribution in [0.4, 0.5) is 5.69 Å². The molecule has 1 aromatic heterocycles. The number of hydrogen-bond acceptors (Lipinski definition) is 9. The zero-order chi connectivity index (χ0) is 35.3. The van der Waals surface area contributed by atoms with Crippen LogP contribution in [0, 0.1) is 17.8 Å². The van der Waals surface area contributed by atoms with Crippen LogP contribution in [-0.4, -0.2) is 91.3 Å². The standard InChI is InChI=1S/C37H49N5O7S/c1-24-8-4-5-9-26-21-37(26,35(45)40-50(46,47)36(3)12-13-36)39-33(44)30-20-27(23-42(30)32(43)19-25(2)18-24)49-34-29-11-7-6-10-28(29)31(22-38-34)41-14-16-48-17-15-41/h5-7,9-11,22,24-27,30H,4,8,12-21,23H2,1-3H3,(H,39,44)(H,40,45)/b9-5-/t24-,25+,26?,27+,30-,37+/m0/s1. The third kappa shape index (κ3) is 6.82. The van der Waals surface area contributed by atoms with Crippen LogP contribution in [-0.2, 0) is 29.1 Å². The number of aromatic nitrogens is 1. The maximum absolute atomic E-state index is 14.2. The molecule has 270 valence electrons. The molecular weight excluding hydrogens is 659 g/mol. The number of amides is 3. The molecule has 50 heavy (non-hydrogen) atoms. The van der Waals surface area contributed by atoms with Crippen molar-refractivity contribution in [2.24, 2.45) is 17.8 Å². The van der Waals surface area contributed by atoms with Gasteiger partial charge in [0.15, 0.2) is 0 Å². The Kier molecular flexibility index (Phi) is 9.34. The van der Waals surface area contributed by atoms with Crippen LogP contribution in [0.15, 0.2) is 42.6 Å². The van der Waals surface area contributed by atoms with E-state index < -0.39 is 44.3 Å². The highest BCUT2D eigenvalue weighted by Gasteiger charge is 2.63. The molecule has 12 nitrogen and oxygen atoms in total. The molecular formula is C37H49N5O7S. The number of hydrogen-bond donors (Lipinski definition) is 2. The van der Waals surface area contributed by atoms with E-state index in [-0.39, 0.29) is 43.6 Å². The number of allylic oxidation sites excluding steroid dienone is 1. The predicted octanol–water partition coefficient (Wildman–Crippen LogP) is 3.70. The van der Waals surface area contributed by atoms with E-state index in [1.165, 1.54) is 0 Å². The SMILES string of the molecule is C[C@H]1CC/C=C\C2C[C@@]2(C(=O)NS(=O)(=O)C2(C)CC2)NC(=O)[C@@H]2C[C@@H](Oc3ncc(N4CCOCC4)c4ccccc34)CN2C(=O)C[C@H](C)C1. The number of fused-ring (bicyclic) bond motifs is 3. The second-order valence-corrected chi connectivity index (χ2v) is 17.6. The average molecular weight is 708 g/mol. The molecule has 4 fully saturated rings. The predicted molar refractivity (Wildman–Crippen MR) is 189 cm³/mol. The molecule has 1 aromatic carbocycles. The zero-order valence-corrected chi connectivity index (χ0v) is 30.0. The molecule has 5 aliphatic rings. The van der Waals surface area contributed by atoms with E-state index >= 15 is 0 Å². The van der Waals surface area contributed by atoms with Gasteiger partial charge in [-0.1, -0.05) is 44.2 Å². The lowest BCUT2D eigenvalue weighted by Crippen LogP contribution is -2.57. The molecule has 1 unspecified atom stereocenters.